The first kappa shape index (κ1) is 17.4. The van der Waals surface area contributed by atoms with Gasteiger partial charge in [-0.25, -0.2) is 0 Å². The van der Waals surface area contributed by atoms with E-state index in [9.17, 15) is 4.79 Å². The molecule has 1 unspecified atom stereocenters. The van der Waals surface area contributed by atoms with Crippen LogP contribution in [0, 0.1) is 0 Å². The zero-order valence-electron chi connectivity index (χ0n) is 12.1. The molecule has 18 heavy (non-hydrogen) atoms. The van der Waals surface area contributed by atoms with Crippen molar-refractivity contribution in [1.82, 2.24) is 10.6 Å². The van der Waals surface area contributed by atoms with Gasteiger partial charge in [0.1, 0.15) is 6.10 Å². The first-order chi connectivity index (χ1) is 8.57. The summed E-state index contributed by atoms with van der Waals surface area (Å²) >= 11 is 0. The number of nitrogens with one attached hydrogen (secondary N) is 2. The number of amides is 1. The van der Waals surface area contributed by atoms with Gasteiger partial charge in [-0.1, -0.05) is 13.8 Å². The molecule has 0 spiro atoms. The second-order valence-electron chi connectivity index (χ2n) is 4.61. The Morgan fingerprint density at radius 1 is 1.11 bits per heavy atom. The summed E-state index contributed by atoms with van der Waals surface area (Å²) in [6.07, 6.45) is 1.36. The van der Waals surface area contributed by atoms with Crippen LogP contribution in [0.5, 0.6) is 0 Å². The average Bonchev–Trinajstić information content (AvgIpc) is 2.33. The molecule has 0 radical (unpaired) electrons. The molecule has 0 bridgehead atoms. The summed E-state index contributed by atoms with van der Waals surface area (Å²) in [6.45, 7) is 8.81. The van der Waals surface area contributed by atoms with Crippen molar-refractivity contribution >= 4 is 5.91 Å². The van der Waals surface area contributed by atoms with E-state index in [1.807, 2.05) is 0 Å². The Labute approximate surface area is 111 Å². The summed E-state index contributed by atoms with van der Waals surface area (Å²) in [6, 6.07) is 0.492. The lowest BCUT2D eigenvalue weighted by molar-refractivity contribution is -0.131. The largest absolute Gasteiger partial charge is 0.385 e. The SMILES string of the molecule is COCCCNC(=O)C(C)OCCCNC(C)C. The van der Waals surface area contributed by atoms with Gasteiger partial charge in [0.15, 0.2) is 0 Å². The Balaban J connectivity index is 3.44. The smallest absolute Gasteiger partial charge is 0.248 e. The number of carbonyl (C=O) groups excluding carboxylic acids is 1. The van der Waals surface area contributed by atoms with Crippen LogP contribution in [-0.4, -0.2) is 51.5 Å². The number of hydrogen-bond acceptors (Lipinski definition) is 4. The second kappa shape index (κ2) is 11.4. The zero-order chi connectivity index (χ0) is 13.8. The highest BCUT2D eigenvalue weighted by atomic mass is 16.5. The maximum absolute atomic E-state index is 11.6. The summed E-state index contributed by atoms with van der Waals surface area (Å²) in [5, 5.41) is 6.12. The van der Waals surface area contributed by atoms with Gasteiger partial charge >= 0.3 is 0 Å². The molecule has 5 heteroatoms. The fourth-order valence-corrected chi connectivity index (χ4v) is 1.37. The zero-order valence-corrected chi connectivity index (χ0v) is 12.1. The molecule has 0 aliphatic carbocycles. The van der Waals surface area contributed by atoms with Crippen molar-refractivity contribution in [2.24, 2.45) is 0 Å². The molecule has 0 heterocycles. The third kappa shape index (κ3) is 10.5. The first-order valence-corrected chi connectivity index (χ1v) is 6.69. The molecule has 0 rings (SSSR count). The van der Waals surface area contributed by atoms with Crippen molar-refractivity contribution in [1.29, 1.82) is 0 Å². The summed E-state index contributed by atoms with van der Waals surface area (Å²) in [7, 11) is 1.65. The van der Waals surface area contributed by atoms with Crippen molar-refractivity contribution in [3.05, 3.63) is 0 Å². The molecule has 0 aliphatic rings. The van der Waals surface area contributed by atoms with Crippen molar-refractivity contribution in [3.8, 4) is 0 Å². The molecular weight excluding hydrogens is 232 g/mol. The van der Waals surface area contributed by atoms with Gasteiger partial charge in [0.25, 0.3) is 0 Å². The van der Waals surface area contributed by atoms with E-state index in [4.69, 9.17) is 9.47 Å². The fraction of sp³-hybridized carbons (Fsp3) is 0.923. The first-order valence-electron chi connectivity index (χ1n) is 6.69. The van der Waals surface area contributed by atoms with Crippen LogP contribution in [0.3, 0.4) is 0 Å². The molecule has 0 aliphatic heterocycles. The minimum absolute atomic E-state index is 0.0529. The second-order valence-corrected chi connectivity index (χ2v) is 4.61. The van der Waals surface area contributed by atoms with E-state index in [0.29, 0.717) is 25.8 Å². The van der Waals surface area contributed by atoms with E-state index in [2.05, 4.69) is 24.5 Å². The maximum atomic E-state index is 11.6. The van der Waals surface area contributed by atoms with Crippen molar-refractivity contribution < 1.29 is 14.3 Å². The summed E-state index contributed by atoms with van der Waals surface area (Å²) in [5.41, 5.74) is 0. The van der Waals surface area contributed by atoms with Gasteiger partial charge in [0.05, 0.1) is 0 Å². The van der Waals surface area contributed by atoms with Crippen molar-refractivity contribution in [3.63, 3.8) is 0 Å². The quantitative estimate of drug-likeness (QED) is 0.543. The summed E-state index contributed by atoms with van der Waals surface area (Å²) in [4.78, 5) is 11.6. The molecule has 5 nitrogen and oxygen atoms in total. The minimum Gasteiger partial charge on any atom is -0.385 e. The van der Waals surface area contributed by atoms with Gasteiger partial charge in [-0.05, 0) is 26.3 Å². The Morgan fingerprint density at radius 3 is 2.39 bits per heavy atom. The van der Waals surface area contributed by atoms with Crippen LogP contribution in [0.2, 0.25) is 0 Å². The van der Waals surface area contributed by atoms with E-state index >= 15 is 0 Å². The number of methoxy groups -OCH3 is 1. The normalized spacial score (nSPS) is 12.7. The Bertz CT molecular complexity index is 210. The Morgan fingerprint density at radius 2 is 1.78 bits per heavy atom. The predicted molar refractivity (Wildman–Crippen MR) is 72.7 cm³/mol. The molecule has 0 aromatic carbocycles. The standard InChI is InChI=1S/C13H28N2O3/c1-11(2)14-7-6-10-18-12(3)13(16)15-8-5-9-17-4/h11-12,14H,5-10H2,1-4H3,(H,15,16). The molecule has 2 N–H and O–H groups in total. The molecule has 0 saturated carbocycles. The van der Waals surface area contributed by atoms with Crippen LogP contribution >= 0.6 is 0 Å². The lowest BCUT2D eigenvalue weighted by atomic mass is 10.3. The van der Waals surface area contributed by atoms with Gasteiger partial charge < -0.3 is 20.1 Å². The van der Waals surface area contributed by atoms with Crippen LogP contribution in [0.1, 0.15) is 33.6 Å². The van der Waals surface area contributed by atoms with E-state index in [1.54, 1.807) is 14.0 Å². The van der Waals surface area contributed by atoms with Gasteiger partial charge in [0, 0.05) is 32.9 Å². The molecule has 108 valence electrons. The van der Waals surface area contributed by atoms with E-state index in [1.165, 1.54) is 0 Å². The Hall–Kier alpha value is -0.650. The van der Waals surface area contributed by atoms with Gasteiger partial charge in [-0.15, -0.1) is 0 Å². The highest BCUT2D eigenvalue weighted by Gasteiger charge is 2.11. The van der Waals surface area contributed by atoms with E-state index in [0.717, 1.165) is 19.4 Å². The lowest BCUT2D eigenvalue weighted by Gasteiger charge is -2.14. The van der Waals surface area contributed by atoms with Crippen LogP contribution in [0.25, 0.3) is 0 Å². The number of rotatable bonds is 11. The van der Waals surface area contributed by atoms with Crippen LogP contribution in [-0.2, 0) is 14.3 Å². The molecule has 0 aromatic heterocycles. The van der Waals surface area contributed by atoms with Crippen molar-refractivity contribution in [2.75, 3.05) is 33.4 Å². The summed E-state index contributed by atoms with van der Waals surface area (Å²) < 4.78 is 10.4. The predicted octanol–water partition coefficient (Wildman–Crippen LogP) is 0.932. The lowest BCUT2D eigenvalue weighted by Crippen LogP contribution is -2.36. The monoisotopic (exact) mass is 260 g/mol. The third-order valence-electron chi connectivity index (χ3n) is 2.44. The number of hydrogen-bond donors (Lipinski definition) is 2. The van der Waals surface area contributed by atoms with Gasteiger partial charge in [0.2, 0.25) is 5.91 Å². The number of carbonyl (C=O) groups is 1. The van der Waals surface area contributed by atoms with E-state index in [-0.39, 0.29) is 12.0 Å². The molecule has 0 saturated heterocycles. The van der Waals surface area contributed by atoms with Crippen LogP contribution in [0.4, 0.5) is 0 Å². The van der Waals surface area contributed by atoms with Crippen LogP contribution < -0.4 is 10.6 Å². The van der Waals surface area contributed by atoms with Gasteiger partial charge in [-0.3, -0.25) is 4.79 Å². The topological polar surface area (TPSA) is 59.6 Å². The van der Waals surface area contributed by atoms with Crippen LogP contribution in [0.15, 0.2) is 0 Å². The summed E-state index contributed by atoms with van der Waals surface area (Å²) in [5.74, 6) is -0.0529. The molecule has 0 fully saturated rings. The van der Waals surface area contributed by atoms with Crippen molar-refractivity contribution in [2.45, 2.75) is 45.8 Å². The highest BCUT2D eigenvalue weighted by Crippen LogP contribution is 1.93. The molecule has 1 atom stereocenters. The third-order valence-corrected chi connectivity index (χ3v) is 2.44. The highest BCUT2D eigenvalue weighted by molar-refractivity contribution is 5.80. The average molecular weight is 260 g/mol. The number of ether oxygens (including phenoxy) is 2. The molecular formula is C13H28N2O3. The maximum Gasteiger partial charge on any atom is 0.248 e. The fourth-order valence-electron chi connectivity index (χ4n) is 1.37. The van der Waals surface area contributed by atoms with E-state index < -0.39 is 0 Å². The molecule has 0 aromatic rings. The minimum atomic E-state index is -0.383. The Kier molecular flexibility index (Phi) is 11.0. The van der Waals surface area contributed by atoms with Gasteiger partial charge in [-0.2, -0.15) is 0 Å². The molecule has 1 amide bonds.